The standard InChI is InChI=1S/C27H23F3N2O4/c28-27(29,30)20-8-4-7-19(12-20)21-14-32(26(34)18-5-2-1-3-6-18)15-22(21)25(33)31-13-17-9-10-23-24(11-17)36-16-35-23/h1-12,21-22H,13-16H2,(H,31,33)/t21-,22-/m0/s1. The Bertz CT molecular complexity index is 1280. The summed E-state index contributed by atoms with van der Waals surface area (Å²) in [5, 5.41) is 2.88. The lowest BCUT2D eigenvalue weighted by Gasteiger charge is -2.19. The van der Waals surface area contributed by atoms with Crippen LogP contribution in [-0.4, -0.2) is 36.6 Å². The third-order valence-corrected chi connectivity index (χ3v) is 6.51. The van der Waals surface area contributed by atoms with Crippen molar-refractivity contribution >= 4 is 11.8 Å². The molecule has 2 heterocycles. The molecule has 0 saturated carbocycles. The van der Waals surface area contributed by atoms with E-state index in [9.17, 15) is 22.8 Å². The van der Waals surface area contributed by atoms with E-state index in [0.717, 1.165) is 17.7 Å². The maximum Gasteiger partial charge on any atom is 0.416 e. The van der Waals surface area contributed by atoms with Gasteiger partial charge in [-0.25, -0.2) is 0 Å². The maximum absolute atomic E-state index is 13.4. The molecule has 0 aliphatic carbocycles. The summed E-state index contributed by atoms with van der Waals surface area (Å²) in [5.41, 5.74) is 0.837. The highest BCUT2D eigenvalue weighted by Gasteiger charge is 2.41. The Kier molecular flexibility index (Phi) is 6.30. The largest absolute Gasteiger partial charge is 0.454 e. The van der Waals surface area contributed by atoms with Gasteiger partial charge in [0, 0.05) is 31.1 Å². The number of carbonyl (C=O) groups excluding carboxylic acids is 2. The second-order valence-electron chi connectivity index (χ2n) is 8.82. The second-order valence-corrected chi connectivity index (χ2v) is 8.82. The minimum atomic E-state index is -4.51. The number of fused-ring (bicyclic) bond motifs is 1. The van der Waals surface area contributed by atoms with Crippen molar-refractivity contribution in [1.29, 1.82) is 0 Å². The second kappa shape index (κ2) is 9.56. The molecule has 6 nitrogen and oxygen atoms in total. The average molecular weight is 496 g/mol. The van der Waals surface area contributed by atoms with Crippen LogP contribution in [0.25, 0.3) is 0 Å². The lowest BCUT2D eigenvalue weighted by molar-refractivity contribution is -0.137. The number of alkyl halides is 3. The Hall–Kier alpha value is -4.01. The molecule has 2 aliphatic rings. The molecule has 1 N–H and O–H groups in total. The van der Waals surface area contributed by atoms with Crippen molar-refractivity contribution < 1.29 is 32.2 Å². The molecule has 2 atom stereocenters. The van der Waals surface area contributed by atoms with Gasteiger partial charge in [0.1, 0.15) is 0 Å². The SMILES string of the molecule is O=C(NCc1ccc2c(c1)OCO2)[C@H]1CN(C(=O)c2ccccc2)C[C@H]1c1cccc(C(F)(F)F)c1. The number of benzene rings is 3. The molecule has 0 unspecified atom stereocenters. The number of ether oxygens (including phenoxy) is 2. The van der Waals surface area contributed by atoms with E-state index in [0.29, 0.717) is 22.6 Å². The Balaban J connectivity index is 1.38. The summed E-state index contributed by atoms with van der Waals surface area (Å²) in [4.78, 5) is 27.9. The van der Waals surface area contributed by atoms with Gasteiger partial charge in [-0.15, -0.1) is 0 Å². The molecule has 1 saturated heterocycles. The number of carbonyl (C=O) groups is 2. The first-order valence-electron chi connectivity index (χ1n) is 11.5. The molecular weight excluding hydrogens is 473 g/mol. The van der Waals surface area contributed by atoms with Crippen LogP contribution in [0.5, 0.6) is 11.5 Å². The van der Waals surface area contributed by atoms with Gasteiger partial charge >= 0.3 is 6.18 Å². The van der Waals surface area contributed by atoms with E-state index in [1.165, 1.54) is 11.0 Å². The first-order chi connectivity index (χ1) is 17.3. The van der Waals surface area contributed by atoms with Crippen molar-refractivity contribution in [3.63, 3.8) is 0 Å². The summed E-state index contributed by atoms with van der Waals surface area (Å²) >= 11 is 0. The molecule has 0 radical (unpaired) electrons. The normalized spacial score (nSPS) is 18.8. The topological polar surface area (TPSA) is 67.9 Å². The third-order valence-electron chi connectivity index (χ3n) is 6.51. The Morgan fingerprint density at radius 2 is 1.69 bits per heavy atom. The fourth-order valence-corrected chi connectivity index (χ4v) is 4.65. The first kappa shape index (κ1) is 23.7. The number of likely N-dealkylation sites (tertiary alicyclic amines) is 1. The third kappa shape index (κ3) is 4.86. The number of amides is 2. The minimum absolute atomic E-state index is 0.0988. The smallest absolute Gasteiger partial charge is 0.416 e. The van der Waals surface area contributed by atoms with Gasteiger partial charge in [-0.05, 0) is 41.5 Å². The highest BCUT2D eigenvalue weighted by atomic mass is 19.4. The lowest BCUT2D eigenvalue weighted by atomic mass is 9.87. The van der Waals surface area contributed by atoms with E-state index in [1.807, 2.05) is 0 Å². The molecule has 36 heavy (non-hydrogen) atoms. The molecule has 2 aliphatic heterocycles. The fraction of sp³-hybridized carbons (Fsp3) is 0.259. The highest BCUT2D eigenvalue weighted by molar-refractivity contribution is 5.95. The number of nitrogens with one attached hydrogen (secondary N) is 1. The molecule has 3 aromatic carbocycles. The molecule has 0 aromatic heterocycles. The monoisotopic (exact) mass is 496 g/mol. The van der Waals surface area contributed by atoms with Crippen molar-refractivity contribution in [3.05, 3.63) is 95.1 Å². The number of nitrogens with zero attached hydrogens (tertiary/aromatic N) is 1. The molecule has 186 valence electrons. The van der Waals surface area contributed by atoms with E-state index in [-0.39, 0.29) is 38.2 Å². The maximum atomic E-state index is 13.4. The Labute approximate surface area is 205 Å². The predicted molar refractivity (Wildman–Crippen MR) is 124 cm³/mol. The fourth-order valence-electron chi connectivity index (χ4n) is 4.65. The van der Waals surface area contributed by atoms with E-state index >= 15 is 0 Å². The van der Waals surface area contributed by atoms with Gasteiger partial charge in [0.15, 0.2) is 11.5 Å². The van der Waals surface area contributed by atoms with Crippen molar-refractivity contribution in [3.8, 4) is 11.5 Å². The van der Waals surface area contributed by atoms with Crippen molar-refractivity contribution in [2.45, 2.75) is 18.6 Å². The van der Waals surface area contributed by atoms with Crippen LogP contribution in [0.4, 0.5) is 13.2 Å². The van der Waals surface area contributed by atoms with Crippen LogP contribution < -0.4 is 14.8 Å². The highest BCUT2D eigenvalue weighted by Crippen LogP contribution is 2.37. The van der Waals surface area contributed by atoms with Crippen molar-refractivity contribution in [2.75, 3.05) is 19.9 Å². The van der Waals surface area contributed by atoms with Gasteiger partial charge in [0.05, 0.1) is 11.5 Å². The van der Waals surface area contributed by atoms with Crippen LogP contribution in [0, 0.1) is 5.92 Å². The molecule has 0 bridgehead atoms. The molecule has 9 heteroatoms. The van der Waals surface area contributed by atoms with Gasteiger partial charge in [-0.1, -0.05) is 42.5 Å². The van der Waals surface area contributed by atoms with Crippen LogP contribution in [0.1, 0.15) is 33.0 Å². The van der Waals surface area contributed by atoms with Gasteiger partial charge in [-0.2, -0.15) is 13.2 Å². The van der Waals surface area contributed by atoms with Crippen LogP contribution in [-0.2, 0) is 17.5 Å². The Morgan fingerprint density at radius 1 is 0.917 bits per heavy atom. The van der Waals surface area contributed by atoms with Gasteiger partial charge in [0.25, 0.3) is 5.91 Å². The van der Waals surface area contributed by atoms with E-state index in [4.69, 9.17) is 9.47 Å². The van der Waals surface area contributed by atoms with Gasteiger partial charge in [0.2, 0.25) is 12.7 Å². The number of rotatable bonds is 5. The minimum Gasteiger partial charge on any atom is -0.454 e. The summed E-state index contributed by atoms with van der Waals surface area (Å²) in [5.74, 6) is -0.686. The molecule has 2 amide bonds. The summed E-state index contributed by atoms with van der Waals surface area (Å²) in [7, 11) is 0. The van der Waals surface area contributed by atoms with Crippen LogP contribution in [0.3, 0.4) is 0 Å². The molecular formula is C27H23F3N2O4. The zero-order valence-electron chi connectivity index (χ0n) is 19.1. The summed E-state index contributed by atoms with van der Waals surface area (Å²) in [6, 6.07) is 18.9. The Morgan fingerprint density at radius 3 is 2.47 bits per heavy atom. The summed E-state index contributed by atoms with van der Waals surface area (Å²) in [6.07, 6.45) is -4.51. The van der Waals surface area contributed by atoms with Gasteiger partial charge < -0.3 is 19.7 Å². The number of hydrogen-bond acceptors (Lipinski definition) is 4. The quantitative estimate of drug-likeness (QED) is 0.561. The predicted octanol–water partition coefficient (Wildman–Crippen LogP) is 4.61. The van der Waals surface area contributed by atoms with E-state index in [1.54, 1.807) is 54.6 Å². The molecule has 0 spiro atoms. The van der Waals surface area contributed by atoms with Gasteiger partial charge in [-0.3, -0.25) is 9.59 Å². The summed E-state index contributed by atoms with van der Waals surface area (Å²) < 4.78 is 50.8. The first-order valence-corrected chi connectivity index (χ1v) is 11.5. The van der Waals surface area contributed by atoms with Crippen molar-refractivity contribution in [1.82, 2.24) is 10.2 Å². The zero-order valence-corrected chi connectivity index (χ0v) is 19.1. The number of hydrogen-bond donors (Lipinski definition) is 1. The van der Waals surface area contributed by atoms with Crippen molar-refractivity contribution in [2.24, 2.45) is 5.92 Å². The van der Waals surface area contributed by atoms with E-state index in [2.05, 4.69) is 5.32 Å². The molecule has 5 rings (SSSR count). The van der Waals surface area contributed by atoms with E-state index < -0.39 is 23.6 Å². The van der Waals surface area contributed by atoms with Crippen LogP contribution in [0.15, 0.2) is 72.8 Å². The molecule has 3 aromatic rings. The van der Waals surface area contributed by atoms with Crippen LogP contribution >= 0.6 is 0 Å². The molecule has 1 fully saturated rings. The average Bonchev–Trinajstić information content (AvgIpc) is 3.54. The van der Waals surface area contributed by atoms with Crippen LogP contribution in [0.2, 0.25) is 0 Å². The lowest BCUT2D eigenvalue weighted by Crippen LogP contribution is -2.35. The number of halogens is 3. The zero-order chi connectivity index (χ0) is 25.3. The summed E-state index contributed by atoms with van der Waals surface area (Å²) in [6.45, 7) is 0.573.